The minimum absolute atomic E-state index is 0.108. The predicted molar refractivity (Wildman–Crippen MR) is 102 cm³/mol. The number of carboxylic acid groups (broad SMARTS) is 1. The smallest absolute Gasteiger partial charge is 0.318 e. The third kappa shape index (κ3) is 4.78. The minimum atomic E-state index is -0.603. The number of nitrogens with zero attached hydrogens (tertiary/aromatic N) is 2. The number of nitrogens with one attached hydrogen (secondary N) is 1. The van der Waals surface area contributed by atoms with Gasteiger partial charge in [0.1, 0.15) is 5.54 Å². The highest BCUT2D eigenvalue weighted by Crippen LogP contribution is 2.38. The lowest BCUT2D eigenvalue weighted by Crippen LogP contribution is -2.62. The molecule has 2 aliphatic rings. The zero-order valence-corrected chi connectivity index (χ0v) is 15.9. The summed E-state index contributed by atoms with van der Waals surface area (Å²) in [5.74, 6) is 0.156. The highest BCUT2D eigenvalue weighted by molar-refractivity contribution is 5.92. The molecule has 7 nitrogen and oxygen atoms in total. The zero-order chi connectivity index (χ0) is 19.7. The summed E-state index contributed by atoms with van der Waals surface area (Å²) in [6.45, 7) is 4.63. The van der Waals surface area contributed by atoms with Gasteiger partial charge in [0.15, 0.2) is 0 Å². The molecule has 0 radical (unpaired) electrons. The lowest BCUT2D eigenvalue weighted by molar-refractivity contribution is -0.145. The number of urea groups is 1. The molecule has 1 aromatic carbocycles. The van der Waals surface area contributed by atoms with Gasteiger partial charge in [0.25, 0.3) is 6.47 Å². The third-order valence-corrected chi connectivity index (χ3v) is 5.22. The highest BCUT2D eigenvalue weighted by Gasteiger charge is 2.52. The Bertz CT molecular complexity index is 635. The molecule has 1 aromatic rings. The van der Waals surface area contributed by atoms with Gasteiger partial charge < -0.3 is 20.2 Å². The van der Waals surface area contributed by atoms with Gasteiger partial charge in [0.05, 0.1) is 0 Å². The van der Waals surface area contributed by atoms with E-state index < -0.39 is 5.54 Å². The van der Waals surface area contributed by atoms with Crippen LogP contribution in [0.5, 0.6) is 0 Å². The lowest BCUT2D eigenvalue weighted by atomic mass is 9.85. The van der Waals surface area contributed by atoms with Gasteiger partial charge in [0, 0.05) is 26.2 Å². The van der Waals surface area contributed by atoms with Crippen molar-refractivity contribution in [1.29, 1.82) is 0 Å². The summed E-state index contributed by atoms with van der Waals surface area (Å²) in [6, 6.07) is 9.77. The van der Waals surface area contributed by atoms with Crippen LogP contribution >= 0.6 is 0 Å². The van der Waals surface area contributed by atoms with E-state index in [9.17, 15) is 9.59 Å². The molecule has 27 heavy (non-hydrogen) atoms. The number of likely N-dealkylation sites (tertiary alicyclic amines) is 2. The van der Waals surface area contributed by atoms with Crippen molar-refractivity contribution in [3.8, 4) is 0 Å². The topological polar surface area (TPSA) is 90.0 Å². The summed E-state index contributed by atoms with van der Waals surface area (Å²) in [6.07, 6.45) is 4.44. The number of hydrogen-bond acceptors (Lipinski definition) is 3. The second kappa shape index (κ2) is 9.94. The van der Waals surface area contributed by atoms with E-state index in [0.717, 1.165) is 50.8 Å². The summed E-state index contributed by atoms with van der Waals surface area (Å²) in [5, 5.41) is 9.88. The van der Waals surface area contributed by atoms with Gasteiger partial charge in [-0.05, 0) is 37.7 Å². The van der Waals surface area contributed by atoms with Gasteiger partial charge >= 0.3 is 6.03 Å². The molecule has 7 heteroatoms. The molecule has 2 heterocycles. The van der Waals surface area contributed by atoms with Crippen molar-refractivity contribution in [2.45, 2.75) is 51.1 Å². The minimum Gasteiger partial charge on any atom is -0.483 e. The Labute approximate surface area is 160 Å². The van der Waals surface area contributed by atoms with Gasteiger partial charge in [0.2, 0.25) is 5.91 Å². The van der Waals surface area contributed by atoms with Crippen LogP contribution in [0.3, 0.4) is 0 Å². The summed E-state index contributed by atoms with van der Waals surface area (Å²) in [4.78, 5) is 37.9. The van der Waals surface area contributed by atoms with E-state index in [1.54, 1.807) is 4.90 Å². The van der Waals surface area contributed by atoms with Gasteiger partial charge in [-0.3, -0.25) is 9.59 Å². The molecule has 2 N–H and O–H groups in total. The Morgan fingerprint density at radius 2 is 1.85 bits per heavy atom. The first-order valence-electron chi connectivity index (χ1n) is 9.55. The summed E-state index contributed by atoms with van der Waals surface area (Å²) in [5.41, 5.74) is 0.468. The van der Waals surface area contributed by atoms with Crippen LogP contribution in [0.15, 0.2) is 30.3 Å². The number of hydrogen-bond donors (Lipinski definition) is 2. The lowest BCUT2D eigenvalue weighted by Gasteiger charge is -2.44. The van der Waals surface area contributed by atoms with Crippen molar-refractivity contribution in [3.63, 3.8) is 0 Å². The maximum Gasteiger partial charge on any atom is 0.318 e. The Morgan fingerprint density at radius 1 is 1.22 bits per heavy atom. The molecule has 1 unspecified atom stereocenters. The molecule has 2 saturated heterocycles. The third-order valence-electron chi connectivity index (χ3n) is 5.22. The van der Waals surface area contributed by atoms with Crippen molar-refractivity contribution in [3.05, 3.63) is 35.9 Å². The van der Waals surface area contributed by atoms with Crippen LogP contribution in [-0.2, 0) is 16.1 Å². The molecule has 0 aromatic heterocycles. The van der Waals surface area contributed by atoms with Crippen LogP contribution in [-0.4, -0.2) is 58.5 Å². The second-order valence-electron chi connectivity index (χ2n) is 6.93. The Hall–Kier alpha value is -2.57. The molecule has 2 fully saturated rings. The molecule has 2 aliphatic heterocycles. The van der Waals surface area contributed by atoms with Crippen molar-refractivity contribution < 1.29 is 19.5 Å². The molecule has 1 atom stereocenters. The fraction of sp³-hybridized carbons (Fsp3) is 0.550. The Kier molecular flexibility index (Phi) is 7.64. The largest absolute Gasteiger partial charge is 0.483 e. The second-order valence-corrected chi connectivity index (χ2v) is 6.93. The van der Waals surface area contributed by atoms with E-state index >= 15 is 0 Å². The Morgan fingerprint density at radius 3 is 2.48 bits per heavy atom. The molecule has 0 aliphatic carbocycles. The van der Waals surface area contributed by atoms with E-state index in [1.807, 2.05) is 35.2 Å². The fourth-order valence-electron chi connectivity index (χ4n) is 4.07. The summed E-state index contributed by atoms with van der Waals surface area (Å²) >= 11 is 0. The van der Waals surface area contributed by atoms with Crippen LogP contribution in [0.25, 0.3) is 0 Å². The van der Waals surface area contributed by atoms with Crippen LogP contribution < -0.4 is 5.32 Å². The Balaban J connectivity index is 0.000000817. The monoisotopic (exact) mass is 375 g/mol. The number of rotatable bonds is 4. The molecule has 3 amide bonds. The quantitative estimate of drug-likeness (QED) is 0.791. The van der Waals surface area contributed by atoms with Gasteiger partial charge in [-0.25, -0.2) is 4.79 Å². The SMILES string of the molecule is CCCN1CCCC2(CCCN2C(=O)NCc2ccccc2)C1=O.O=CO. The average molecular weight is 375 g/mol. The molecule has 0 saturated carbocycles. The maximum atomic E-state index is 13.0. The average Bonchev–Trinajstić information content (AvgIpc) is 3.10. The zero-order valence-electron chi connectivity index (χ0n) is 15.9. The molecule has 148 valence electrons. The number of carbonyl (C=O) groups excluding carboxylic acids is 2. The van der Waals surface area contributed by atoms with Crippen molar-refractivity contribution in [2.75, 3.05) is 19.6 Å². The highest BCUT2D eigenvalue weighted by atomic mass is 16.3. The molecule has 3 rings (SSSR count). The first kappa shape index (κ1) is 20.7. The van der Waals surface area contributed by atoms with Crippen LogP contribution in [0, 0.1) is 0 Å². The van der Waals surface area contributed by atoms with Crippen molar-refractivity contribution in [2.24, 2.45) is 0 Å². The van der Waals surface area contributed by atoms with Gasteiger partial charge in [-0.15, -0.1) is 0 Å². The van der Waals surface area contributed by atoms with Gasteiger partial charge in [-0.2, -0.15) is 0 Å². The van der Waals surface area contributed by atoms with E-state index in [1.165, 1.54) is 0 Å². The van der Waals surface area contributed by atoms with E-state index in [-0.39, 0.29) is 18.4 Å². The van der Waals surface area contributed by atoms with E-state index in [4.69, 9.17) is 9.90 Å². The molecular weight excluding hydrogens is 346 g/mol. The van der Waals surface area contributed by atoms with E-state index in [2.05, 4.69) is 12.2 Å². The van der Waals surface area contributed by atoms with Crippen molar-refractivity contribution >= 4 is 18.4 Å². The van der Waals surface area contributed by atoms with Crippen molar-refractivity contribution in [1.82, 2.24) is 15.1 Å². The number of piperidine rings is 1. The van der Waals surface area contributed by atoms with Crippen LogP contribution in [0.2, 0.25) is 0 Å². The molecule has 0 bridgehead atoms. The van der Waals surface area contributed by atoms with E-state index in [0.29, 0.717) is 13.1 Å². The first-order chi connectivity index (χ1) is 13.1. The molecular formula is C20H29N3O4. The maximum absolute atomic E-state index is 13.0. The van der Waals surface area contributed by atoms with Crippen LogP contribution in [0.4, 0.5) is 4.79 Å². The fourth-order valence-corrected chi connectivity index (χ4v) is 4.07. The standard InChI is InChI=1S/C19H27N3O2.CH2O2/c1-2-12-21-13-6-10-19(17(21)23)11-7-14-22(19)18(24)20-15-16-8-4-3-5-9-16;2-1-3/h3-5,8-9H,2,6-7,10-15H2,1H3,(H,20,24);1H,(H,2,3). The normalized spacial score (nSPS) is 21.6. The number of carbonyl (C=O) groups is 3. The predicted octanol–water partition coefficient (Wildman–Crippen LogP) is 2.46. The summed E-state index contributed by atoms with van der Waals surface area (Å²) < 4.78 is 0. The number of amides is 3. The number of benzene rings is 1. The van der Waals surface area contributed by atoms with Crippen LogP contribution in [0.1, 0.15) is 44.6 Å². The summed E-state index contributed by atoms with van der Waals surface area (Å²) in [7, 11) is 0. The van der Waals surface area contributed by atoms with Gasteiger partial charge in [-0.1, -0.05) is 37.3 Å². The first-order valence-corrected chi connectivity index (χ1v) is 9.55. The molecule has 1 spiro atoms.